The van der Waals surface area contributed by atoms with Crippen LogP contribution in [0, 0.1) is 0 Å². The Morgan fingerprint density at radius 2 is 1.50 bits per heavy atom. The number of rotatable bonds is 5. The summed E-state index contributed by atoms with van der Waals surface area (Å²) in [6, 6.07) is 23.7. The number of thiophene rings is 1. The molecule has 0 fully saturated rings. The molecule has 0 aliphatic heterocycles. The van der Waals surface area contributed by atoms with Gasteiger partial charge in [0, 0.05) is 9.58 Å². The number of fused-ring (bicyclic) bond motifs is 1. The number of ether oxygens (including phenoxy) is 2. The molecule has 28 heavy (non-hydrogen) atoms. The van der Waals surface area contributed by atoms with Crippen molar-refractivity contribution in [3.05, 3.63) is 84.4 Å². The predicted molar refractivity (Wildman–Crippen MR) is 105 cm³/mol. The minimum atomic E-state index is -4.69. The van der Waals surface area contributed by atoms with Crippen LogP contribution >= 0.6 is 11.3 Å². The molecule has 1 aromatic heterocycles. The van der Waals surface area contributed by atoms with Crippen LogP contribution < -0.4 is 9.47 Å². The van der Waals surface area contributed by atoms with Crippen LogP contribution in [-0.4, -0.2) is 6.36 Å². The topological polar surface area (TPSA) is 18.5 Å². The third-order valence-corrected chi connectivity index (χ3v) is 5.26. The van der Waals surface area contributed by atoms with E-state index in [0.29, 0.717) is 6.61 Å². The zero-order valence-electron chi connectivity index (χ0n) is 14.6. The summed E-state index contributed by atoms with van der Waals surface area (Å²) < 4.78 is 47.7. The van der Waals surface area contributed by atoms with Crippen molar-refractivity contribution in [3.63, 3.8) is 0 Å². The van der Waals surface area contributed by atoms with Gasteiger partial charge in [-0.05, 0) is 65.0 Å². The Bertz CT molecular complexity index is 1070. The number of benzene rings is 3. The maximum atomic E-state index is 12.3. The van der Waals surface area contributed by atoms with Crippen LogP contribution in [-0.2, 0) is 6.61 Å². The molecule has 142 valence electrons. The summed E-state index contributed by atoms with van der Waals surface area (Å²) in [5.41, 5.74) is 1.93. The van der Waals surface area contributed by atoms with Gasteiger partial charge in [0.2, 0.25) is 0 Å². The van der Waals surface area contributed by atoms with Gasteiger partial charge in [0.15, 0.2) is 0 Å². The van der Waals surface area contributed by atoms with Gasteiger partial charge >= 0.3 is 6.36 Å². The van der Waals surface area contributed by atoms with Crippen LogP contribution in [0.1, 0.15) is 5.56 Å². The highest BCUT2D eigenvalue weighted by molar-refractivity contribution is 7.22. The molecule has 0 spiro atoms. The SMILES string of the molecule is FC(F)(F)Oc1ccc(-c2cc3ccc(OCc4ccccc4)cc3s2)cc1. The Morgan fingerprint density at radius 3 is 2.21 bits per heavy atom. The highest BCUT2D eigenvalue weighted by Gasteiger charge is 2.30. The maximum absolute atomic E-state index is 12.3. The molecule has 0 saturated heterocycles. The maximum Gasteiger partial charge on any atom is 0.573 e. The third-order valence-electron chi connectivity index (χ3n) is 4.11. The smallest absolute Gasteiger partial charge is 0.489 e. The van der Waals surface area contributed by atoms with E-state index in [2.05, 4.69) is 4.74 Å². The minimum absolute atomic E-state index is 0.228. The summed E-state index contributed by atoms with van der Waals surface area (Å²) in [7, 11) is 0. The van der Waals surface area contributed by atoms with Crippen molar-refractivity contribution in [3.8, 4) is 21.9 Å². The number of halogens is 3. The molecule has 0 amide bonds. The van der Waals surface area contributed by atoms with E-state index >= 15 is 0 Å². The van der Waals surface area contributed by atoms with Gasteiger partial charge in [-0.2, -0.15) is 0 Å². The Balaban J connectivity index is 1.51. The van der Waals surface area contributed by atoms with Crippen molar-refractivity contribution in [2.75, 3.05) is 0 Å². The fourth-order valence-electron chi connectivity index (χ4n) is 2.81. The second-order valence-electron chi connectivity index (χ2n) is 6.16. The average molecular weight is 400 g/mol. The van der Waals surface area contributed by atoms with Crippen molar-refractivity contribution in [1.29, 1.82) is 0 Å². The molecule has 6 heteroatoms. The fourth-order valence-corrected chi connectivity index (χ4v) is 3.90. The second kappa shape index (κ2) is 7.56. The molecule has 0 N–H and O–H groups in total. The van der Waals surface area contributed by atoms with E-state index < -0.39 is 6.36 Å². The highest BCUT2D eigenvalue weighted by atomic mass is 32.1. The Kier molecular flexibility index (Phi) is 4.96. The Hall–Kier alpha value is -2.99. The van der Waals surface area contributed by atoms with Crippen molar-refractivity contribution in [2.45, 2.75) is 13.0 Å². The van der Waals surface area contributed by atoms with Crippen molar-refractivity contribution < 1.29 is 22.6 Å². The summed E-state index contributed by atoms with van der Waals surface area (Å²) in [4.78, 5) is 0.966. The summed E-state index contributed by atoms with van der Waals surface area (Å²) in [5.74, 6) is 0.549. The van der Waals surface area contributed by atoms with E-state index in [1.54, 1.807) is 23.5 Å². The molecule has 0 aliphatic carbocycles. The molecular formula is C22H15F3O2S. The minimum Gasteiger partial charge on any atom is -0.489 e. The van der Waals surface area contributed by atoms with Crippen molar-refractivity contribution in [2.24, 2.45) is 0 Å². The predicted octanol–water partition coefficient (Wildman–Crippen LogP) is 7.05. The zero-order chi connectivity index (χ0) is 19.6. The van der Waals surface area contributed by atoms with E-state index in [-0.39, 0.29) is 5.75 Å². The molecule has 0 unspecified atom stereocenters. The van der Waals surface area contributed by atoms with Crippen LogP contribution in [0.2, 0.25) is 0 Å². The van der Waals surface area contributed by atoms with Gasteiger partial charge in [-0.15, -0.1) is 24.5 Å². The summed E-state index contributed by atoms with van der Waals surface area (Å²) >= 11 is 1.56. The number of alkyl halides is 3. The molecule has 3 aromatic carbocycles. The van der Waals surface area contributed by atoms with Gasteiger partial charge in [0.25, 0.3) is 0 Å². The van der Waals surface area contributed by atoms with E-state index in [1.165, 1.54) is 12.1 Å². The lowest BCUT2D eigenvalue weighted by Gasteiger charge is -2.08. The molecule has 0 atom stereocenters. The van der Waals surface area contributed by atoms with Crippen LogP contribution in [0.25, 0.3) is 20.5 Å². The lowest BCUT2D eigenvalue weighted by molar-refractivity contribution is -0.274. The lowest BCUT2D eigenvalue weighted by atomic mass is 10.1. The van der Waals surface area contributed by atoms with Gasteiger partial charge in [0.1, 0.15) is 18.1 Å². The molecule has 0 saturated carbocycles. The van der Waals surface area contributed by atoms with E-state index in [9.17, 15) is 13.2 Å². The van der Waals surface area contributed by atoms with Gasteiger partial charge in [0.05, 0.1) is 0 Å². The van der Waals surface area contributed by atoms with Gasteiger partial charge in [-0.1, -0.05) is 30.3 Å². The molecule has 1 heterocycles. The van der Waals surface area contributed by atoms with Crippen LogP contribution in [0.15, 0.2) is 78.9 Å². The first-order chi connectivity index (χ1) is 13.5. The van der Waals surface area contributed by atoms with Crippen LogP contribution in [0.5, 0.6) is 11.5 Å². The zero-order valence-corrected chi connectivity index (χ0v) is 15.4. The molecule has 0 bridgehead atoms. The van der Waals surface area contributed by atoms with Gasteiger partial charge in [-0.3, -0.25) is 0 Å². The standard InChI is InChI=1S/C22H15F3O2S/c23-22(24,25)27-18-9-6-16(7-10-18)20-12-17-8-11-19(13-21(17)28-20)26-14-15-4-2-1-3-5-15/h1-13H,14H2. The summed E-state index contributed by atoms with van der Waals surface area (Å²) in [6.07, 6.45) is -4.69. The summed E-state index contributed by atoms with van der Waals surface area (Å²) in [5, 5.41) is 1.06. The van der Waals surface area contributed by atoms with Crippen LogP contribution in [0.3, 0.4) is 0 Å². The van der Waals surface area contributed by atoms with E-state index in [1.807, 2.05) is 54.6 Å². The third kappa shape index (κ3) is 4.46. The molecule has 4 aromatic rings. The number of hydrogen-bond donors (Lipinski definition) is 0. The highest BCUT2D eigenvalue weighted by Crippen LogP contribution is 2.36. The first-order valence-electron chi connectivity index (χ1n) is 8.53. The van der Waals surface area contributed by atoms with Gasteiger partial charge in [-0.25, -0.2) is 0 Å². The normalized spacial score (nSPS) is 11.5. The molecule has 2 nitrogen and oxygen atoms in total. The molecule has 4 rings (SSSR count). The quantitative estimate of drug-likeness (QED) is 0.357. The monoisotopic (exact) mass is 400 g/mol. The van der Waals surface area contributed by atoms with Crippen molar-refractivity contribution in [1.82, 2.24) is 0 Å². The first kappa shape index (κ1) is 18.4. The van der Waals surface area contributed by atoms with E-state index in [4.69, 9.17) is 4.74 Å². The Morgan fingerprint density at radius 1 is 0.786 bits per heavy atom. The largest absolute Gasteiger partial charge is 0.573 e. The molecule has 0 aliphatic rings. The second-order valence-corrected chi connectivity index (χ2v) is 7.24. The molecular weight excluding hydrogens is 385 g/mol. The number of hydrogen-bond acceptors (Lipinski definition) is 3. The lowest BCUT2D eigenvalue weighted by Crippen LogP contribution is -2.16. The first-order valence-corrected chi connectivity index (χ1v) is 9.34. The van der Waals surface area contributed by atoms with Gasteiger partial charge < -0.3 is 9.47 Å². The van der Waals surface area contributed by atoms with E-state index in [0.717, 1.165) is 31.8 Å². The Labute approximate surface area is 163 Å². The van der Waals surface area contributed by atoms with Crippen LogP contribution in [0.4, 0.5) is 13.2 Å². The molecule has 0 radical (unpaired) electrons. The van der Waals surface area contributed by atoms with Crippen molar-refractivity contribution >= 4 is 21.4 Å². The average Bonchev–Trinajstić information content (AvgIpc) is 3.10. The fraction of sp³-hybridized carbons (Fsp3) is 0.0909. The summed E-state index contributed by atoms with van der Waals surface area (Å²) in [6.45, 7) is 0.491.